The molecular formula is C18H18ClN3O5S2. The monoisotopic (exact) mass is 455 g/mol. The van der Waals surface area contributed by atoms with E-state index in [0.29, 0.717) is 5.89 Å². The van der Waals surface area contributed by atoms with Crippen molar-refractivity contribution in [1.29, 1.82) is 0 Å². The van der Waals surface area contributed by atoms with Gasteiger partial charge >= 0.3 is 5.97 Å². The van der Waals surface area contributed by atoms with Crippen LogP contribution in [0.3, 0.4) is 0 Å². The molecule has 0 unspecified atom stereocenters. The minimum atomic E-state index is -3.96. The minimum Gasteiger partial charge on any atom is -0.456 e. The summed E-state index contributed by atoms with van der Waals surface area (Å²) in [6, 6.07) is 6.50. The molecule has 0 bridgehead atoms. The van der Waals surface area contributed by atoms with E-state index in [1.54, 1.807) is 19.9 Å². The third kappa shape index (κ3) is 5.41. The molecule has 0 fully saturated rings. The number of sulfonamides is 1. The fourth-order valence-corrected chi connectivity index (χ4v) is 4.63. The smallest absolute Gasteiger partial charge is 0.324 e. The van der Waals surface area contributed by atoms with Crippen molar-refractivity contribution < 1.29 is 22.5 Å². The van der Waals surface area contributed by atoms with Crippen LogP contribution in [0, 0.1) is 5.92 Å². The summed E-state index contributed by atoms with van der Waals surface area (Å²) in [5.41, 5.74) is 0.773. The normalized spacial score (nSPS) is 12.8. The third-order valence-corrected chi connectivity index (χ3v) is 6.25. The topological polar surface area (TPSA) is 111 Å². The number of hydrogen-bond donors (Lipinski definition) is 1. The van der Waals surface area contributed by atoms with Crippen LogP contribution in [-0.4, -0.2) is 30.6 Å². The zero-order chi connectivity index (χ0) is 21.0. The molecule has 0 saturated heterocycles. The number of benzene rings is 1. The second kappa shape index (κ2) is 9.04. The summed E-state index contributed by atoms with van der Waals surface area (Å²) in [4.78, 5) is 16.6. The van der Waals surface area contributed by atoms with Crippen LogP contribution in [0.1, 0.15) is 19.7 Å². The highest BCUT2D eigenvalue weighted by Gasteiger charge is 2.30. The van der Waals surface area contributed by atoms with Crippen molar-refractivity contribution in [3.63, 3.8) is 0 Å². The molecule has 154 valence electrons. The standard InChI is InChI=1S/C18H18ClN3O5S2/c1-11(2)16(22-29(24,25)14-5-3-4-13(19)8-14)18(23)26-9-15-20-17(27-21-15)12-6-7-28-10-12/h3-8,10-11,16,22H,9H2,1-2H3/t16-/m0/s1. The molecule has 0 saturated carbocycles. The van der Waals surface area contributed by atoms with E-state index in [-0.39, 0.29) is 28.3 Å². The summed E-state index contributed by atoms with van der Waals surface area (Å²) >= 11 is 7.35. The first-order chi connectivity index (χ1) is 13.8. The van der Waals surface area contributed by atoms with Gasteiger partial charge in [-0.2, -0.15) is 21.0 Å². The van der Waals surface area contributed by atoms with Crippen molar-refractivity contribution in [3.8, 4) is 11.5 Å². The average Bonchev–Trinajstić information content (AvgIpc) is 3.35. The van der Waals surface area contributed by atoms with Crippen LogP contribution < -0.4 is 4.72 Å². The lowest BCUT2D eigenvalue weighted by Gasteiger charge is -2.20. The Hall–Kier alpha value is -2.27. The number of aromatic nitrogens is 2. The van der Waals surface area contributed by atoms with Gasteiger partial charge in [-0.15, -0.1) is 0 Å². The Morgan fingerprint density at radius 3 is 2.79 bits per heavy atom. The molecule has 3 aromatic rings. The summed E-state index contributed by atoms with van der Waals surface area (Å²) < 4.78 is 37.9. The van der Waals surface area contributed by atoms with Gasteiger partial charge in [0, 0.05) is 10.4 Å². The SMILES string of the molecule is CC(C)[C@H](NS(=O)(=O)c1cccc(Cl)c1)C(=O)OCc1noc(-c2ccsc2)n1. The molecule has 1 N–H and O–H groups in total. The van der Waals surface area contributed by atoms with Gasteiger partial charge in [0.1, 0.15) is 6.04 Å². The molecule has 3 rings (SSSR count). The van der Waals surface area contributed by atoms with Crippen LogP contribution >= 0.6 is 22.9 Å². The molecule has 29 heavy (non-hydrogen) atoms. The van der Waals surface area contributed by atoms with Gasteiger partial charge in [0.2, 0.25) is 15.8 Å². The number of halogens is 1. The Morgan fingerprint density at radius 2 is 2.14 bits per heavy atom. The summed E-state index contributed by atoms with van der Waals surface area (Å²) in [5.74, 6) is -0.602. The van der Waals surface area contributed by atoms with Crippen LogP contribution in [0.4, 0.5) is 0 Å². The van der Waals surface area contributed by atoms with Crippen molar-refractivity contribution in [2.45, 2.75) is 31.4 Å². The lowest BCUT2D eigenvalue weighted by molar-refractivity contribution is -0.148. The van der Waals surface area contributed by atoms with E-state index in [2.05, 4.69) is 14.9 Å². The lowest BCUT2D eigenvalue weighted by atomic mass is 10.1. The Bertz CT molecular complexity index is 1080. The second-order valence-corrected chi connectivity index (χ2v) is 9.37. The molecule has 2 heterocycles. The van der Waals surface area contributed by atoms with Crippen LogP contribution in [-0.2, 0) is 26.2 Å². The van der Waals surface area contributed by atoms with Gasteiger partial charge in [0.25, 0.3) is 5.89 Å². The van der Waals surface area contributed by atoms with Gasteiger partial charge in [-0.25, -0.2) is 8.42 Å². The number of rotatable bonds is 8. The number of esters is 1. The van der Waals surface area contributed by atoms with Gasteiger partial charge in [0.05, 0.1) is 10.5 Å². The highest BCUT2D eigenvalue weighted by atomic mass is 35.5. The predicted molar refractivity (Wildman–Crippen MR) is 108 cm³/mol. The average molecular weight is 456 g/mol. The second-order valence-electron chi connectivity index (χ2n) is 6.44. The van der Waals surface area contributed by atoms with E-state index in [1.807, 2.05) is 16.8 Å². The number of thiophene rings is 1. The van der Waals surface area contributed by atoms with E-state index in [0.717, 1.165) is 5.56 Å². The summed E-state index contributed by atoms with van der Waals surface area (Å²) in [5, 5.41) is 7.76. The largest absolute Gasteiger partial charge is 0.456 e. The lowest BCUT2D eigenvalue weighted by Crippen LogP contribution is -2.45. The molecule has 2 aromatic heterocycles. The molecule has 0 amide bonds. The van der Waals surface area contributed by atoms with Gasteiger partial charge in [-0.05, 0) is 35.6 Å². The summed E-state index contributed by atoms with van der Waals surface area (Å²) in [6.45, 7) is 3.17. The van der Waals surface area contributed by atoms with Crippen molar-refractivity contribution in [2.75, 3.05) is 0 Å². The highest BCUT2D eigenvalue weighted by Crippen LogP contribution is 2.20. The molecule has 0 radical (unpaired) electrons. The van der Waals surface area contributed by atoms with E-state index in [1.165, 1.54) is 29.5 Å². The van der Waals surface area contributed by atoms with E-state index in [9.17, 15) is 13.2 Å². The fourth-order valence-electron chi connectivity index (χ4n) is 2.37. The van der Waals surface area contributed by atoms with Crippen molar-refractivity contribution in [1.82, 2.24) is 14.9 Å². The molecule has 0 spiro atoms. The number of ether oxygens (including phenoxy) is 1. The first-order valence-corrected chi connectivity index (χ1v) is 11.4. The van der Waals surface area contributed by atoms with Gasteiger partial charge < -0.3 is 9.26 Å². The summed E-state index contributed by atoms with van der Waals surface area (Å²) in [7, 11) is -3.96. The van der Waals surface area contributed by atoms with Crippen molar-refractivity contribution in [3.05, 3.63) is 51.9 Å². The highest BCUT2D eigenvalue weighted by molar-refractivity contribution is 7.89. The molecule has 8 nitrogen and oxygen atoms in total. The first kappa shape index (κ1) is 21.4. The van der Waals surface area contributed by atoms with Crippen LogP contribution in [0.15, 0.2) is 50.5 Å². The van der Waals surface area contributed by atoms with E-state index >= 15 is 0 Å². The molecule has 0 aliphatic rings. The maximum atomic E-state index is 12.6. The van der Waals surface area contributed by atoms with E-state index in [4.69, 9.17) is 20.9 Å². The number of nitrogens with one attached hydrogen (secondary N) is 1. The Balaban J connectivity index is 1.67. The quantitative estimate of drug-likeness (QED) is 0.517. The van der Waals surface area contributed by atoms with Crippen LogP contribution in [0.5, 0.6) is 0 Å². The number of nitrogens with zero attached hydrogens (tertiary/aromatic N) is 2. The maximum absolute atomic E-state index is 12.6. The van der Waals surface area contributed by atoms with E-state index < -0.39 is 22.0 Å². The minimum absolute atomic E-state index is 0.0398. The number of carbonyl (C=O) groups is 1. The molecule has 0 aliphatic heterocycles. The molecule has 11 heteroatoms. The number of hydrogen-bond acceptors (Lipinski definition) is 8. The molecule has 1 atom stereocenters. The zero-order valence-corrected chi connectivity index (χ0v) is 17.9. The molecular weight excluding hydrogens is 438 g/mol. The molecule has 1 aromatic carbocycles. The van der Waals surface area contributed by atoms with Crippen molar-refractivity contribution in [2.24, 2.45) is 5.92 Å². The predicted octanol–water partition coefficient (Wildman–Crippen LogP) is 3.50. The Morgan fingerprint density at radius 1 is 1.34 bits per heavy atom. The third-order valence-electron chi connectivity index (χ3n) is 3.89. The fraction of sp³-hybridized carbons (Fsp3) is 0.278. The molecule has 0 aliphatic carbocycles. The number of carbonyl (C=O) groups excluding carboxylic acids is 1. The first-order valence-electron chi connectivity index (χ1n) is 8.56. The maximum Gasteiger partial charge on any atom is 0.324 e. The zero-order valence-electron chi connectivity index (χ0n) is 15.5. The van der Waals surface area contributed by atoms with Crippen LogP contribution in [0.2, 0.25) is 5.02 Å². The van der Waals surface area contributed by atoms with Gasteiger partial charge in [-0.1, -0.05) is 36.7 Å². The van der Waals surface area contributed by atoms with Gasteiger partial charge in [0.15, 0.2) is 6.61 Å². The Kier molecular flexibility index (Phi) is 6.68. The van der Waals surface area contributed by atoms with Crippen LogP contribution in [0.25, 0.3) is 11.5 Å². The summed E-state index contributed by atoms with van der Waals surface area (Å²) in [6.07, 6.45) is 0. The van der Waals surface area contributed by atoms with Crippen molar-refractivity contribution >= 4 is 38.9 Å². The van der Waals surface area contributed by atoms with Gasteiger partial charge in [-0.3, -0.25) is 4.79 Å². The Labute approximate surface area is 176 Å².